The van der Waals surface area contributed by atoms with Crippen molar-refractivity contribution in [3.8, 4) is 5.75 Å². The average Bonchev–Trinajstić information content (AvgIpc) is 2.31. The van der Waals surface area contributed by atoms with Crippen LogP contribution in [0.1, 0.15) is 25.3 Å². The third-order valence-electron chi connectivity index (χ3n) is 2.63. The molecule has 1 aromatic carbocycles. The van der Waals surface area contributed by atoms with Gasteiger partial charge in [-0.15, -0.1) is 0 Å². The number of benzene rings is 1. The van der Waals surface area contributed by atoms with Crippen LogP contribution < -0.4 is 15.8 Å². The van der Waals surface area contributed by atoms with E-state index in [1.54, 1.807) is 7.11 Å². The van der Waals surface area contributed by atoms with Gasteiger partial charge in [0.25, 0.3) is 0 Å². The van der Waals surface area contributed by atoms with E-state index >= 15 is 0 Å². The maximum absolute atomic E-state index is 11.7. The van der Waals surface area contributed by atoms with Gasteiger partial charge >= 0.3 is 0 Å². The smallest absolute Gasteiger partial charge is 0.241 e. The number of nitrogens with two attached hydrogens (primary N) is 1. The molecule has 0 fully saturated rings. The lowest BCUT2D eigenvalue weighted by Gasteiger charge is -2.13. The van der Waals surface area contributed by atoms with Crippen molar-refractivity contribution in [2.75, 3.05) is 12.4 Å². The van der Waals surface area contributed by atoms with E-state index in [-0.39, 0.29) is 5.91 Å². The van der Waals surface area contributed by atoms with Gasteiger partial charge in [-0.2, -0.15) is 0 Å². The van der Waals surface area contributed by atoms with Crippen LogP contribution in [0.25, 0.3) is 0 Å². The Morgan fingerprint density at radius 3 is 2.76 bits per heavy atom. The Morgan fingerprint density at radius 2 is 2.24 bits per heavy atom. The zero-order valence-electron chi connectivity index (χ0n) is 10.6. The van der Waals surface area contributed by atoms with Crippen LogP contribution in [0.4, 0.5) is 5.69 Å². The highest BCUT2D eigenvalue weighted by Crippen LogP contribution is 2.21. The summed E-state index contributed by atoms with van der Waals surface area (Å²) in [7, 11) is 1.62. The lowest BCUT2D eigenvalue weighted by Crippen LogP contribution is -2.35. The number of hydrogen-bond acceptors (Lipinski definition) is 3. The van der Waals surface area contributed by atoms with E-state index < -0.39 is 6.04 Å². The number of nitrogens with one attached hydrogen (secondary N) is 1. The van der Waals surface area contributed by atoms with Crippen molar-refractivity contribution in [3.05, 3.63) is 23.8 Å². The number of methoxy groups -OCH3 is 1. The summed E-state index contributed by atoms with van der Waals surface area (Å²) in [4.78, 5) is 11.7. The third kappa shape index (κ3) is 3.75. The molecule has 0 aromatic heterocycles. The maximum atomic E-state index is 11.7. The van der Waals surface area contributed by atoms with Crippen molar-refractivity contribution in [1.82, 2.24) is 0 Å². The van der Waals surface area contributed by atoms with Gasteiger partial charge in [0, 0.05) is 5.69 Å². The Balaban J connectivity index is 2.71. The minimum absolute atomic E-state index is 0.139. The molecule has 3 N–H and O–H groups in total. The monoisotopic (exact) mass is 236 g/mol. The van der Waals surface area contributed by atoms with Crippen LogP contribution >= 0.6 is 0 Å². The number of carbonyl (C=O) groups excluding carboxylic acids is 1. The number of rotatable bonds is 5. The molecule has 4 nitrogen and oxygen atoms in total. The highest BCUT2D eigenvalue weighted by Gasteiger charge is 2.13. The van der Waals surface area contributed by atoms with Crippen LogP contribution in [0.15, 0.2) is 18.2 Å². The first-order valence-electron chi connectivity index (χ1n) is 5.79. The molecule has 0 saturated carbocycles. The zero-order chi connectivity index (χ0) is 12.8. The van der Waals surface area contributed by atoms with Crippen LogP contribution in [-0.4, -0.2) is 19.1 Å². The summed E-state index contributed by atoms with van der Waals surface area (Å²) in [5.41, 5.74) is 7.48. The van der Waals surface area contributed by atoms with Gasteiger partial charge in [-0.1, -0.05) is 13.3 Å². The Labute approximate surface area is 102 Å². The van der Waals surface area contributed by atoms with Crippen molar-refractivity contribution >= 4 is 11.6 Å². The van der Waals surface area contributed by atoms with Gasteiger partial charge in [0.2, 0.25) is 5.91 Å². The standard InChI is InChI=1S/C13H20N2O2/c1-4-5-11(14)13(16)15-12-7-6-10(17-3)8-9(12)2/h6-8,11H,4-5,14H2,1-3H3,(H,15,16)/t11-/m1/s1. The molecule has 0 spiro atoms. The van der Waals surface area contributed by atoms with Crippen LogP contribution in [0.2, 0.25) is 0 Å². The molecule has 0 aliphatic rings. The minimum Gasteiger partial charge on any atom is -0.497 e. The first-order chi connectivity index (χ1) is 8.08. The summed E-state index contributed by atoms with van der Waals surface area (Å²) in [6.07, 6.45) is 1.59. The first-order valence-corrected chi connectivity index (χ1v) is 5.79. The molecule has 0 bridgehead atoms. The lowest BCUT2D eigenvalue weighted by molar-refractivity contribution is -0.117. The summed E-state index contributed by atoms with van der Waals surface area (Å²) >= 11 is 0. The van der Waals surface area contributed by atoms with E-state index in [9.17, 15) is 4.79 Å². The summed E-state index contributed by atoms with van der Waals surface area (Å²) < 4.78 is 5.10. The summed E-state index contributed by atoms with van der Waals surface area (Å²) in [6, 6.07) is 5.07. The molecule has 0 radical (unpaired) electrons. The SMILES string of the molecule is CCC[C@@H](N)C(=O)Nc1ccc(OC)cc1C. The van der Waals surface area contributed by atoms with E-state index in [1.165, 1.54) is 0 Å². The van der Waals surface area contributed by atoms with Gasteiger partial charge in [-0.25, -0.2) is 0 Å². The molecule has 0 saturated heterocycles. The summed E-state index contributed by atoms with van der Waals surface area (Å²) in [5, 5.41) is 2.83. The normalized spacial score (nSPS) is 12.0. The van der Waals surface area contributed by atoms with Crippen molar-refractivity contribution in [3.63, 3.8) is 0 Å². The zero-order valence-corrected chi connectivity index (χ0v) is 10.6. The lowest BCUT2D eigenvalue weighted by atomic mass is 10.1. The molecular weight excluding hydrogens is 216 g/mol. The number of carbonyl (C=O) groups is 1. The molecule has 1 rings (SSSR count). The molecule has 1 aromatic rings. The van der Waals surface area contributed by atoms with E-state index in [0.717, 1.165) is 23.4 Å². The third-order valence-corrected chi connectivity index (χ3v) is 2.63. The summed E-state index contributed by atoms with van der Waals surface area (Å²) in [5.74, 6) is 0.637. The fourth-order valence-electron chi connectivity index (χ4n) is 1.57. The number of aryl methyl sites for hydroxylation is 1. The molecule has 0 unspecified atom stereocenters. The van der Waals surface area contributed by atoms with E-state index in [4.69, 9.17) is 10.5 Å². The van der Waals surface area contributed by atoms with Crippen molar-refractivity contribution < 1.29 is 9.53 Å². The largest absolute Gasteiger partial charge is 0.497 e. The van der Waals surface area contributed by atoms with Gasteiger partial charge in [-0.05, 0) is 37.1 Å². The van der Waals surface area contributed by atoms with E-state index in [1.807, 2.05) is 32.0 Å². The Hall–Kier alpha value is -1.55. The van der Waals surface area contributed by atoms with E-state index in [0.29, 0.717) is 6.42 Å². The second kappa shape index (κ2) is 6.25. The number of anilines is 1. The van der Waals surface area contributed by atoms with Crippen LogP contribution in [0.3, 0.4) is 0 Å². The van der Waals surface area contributed by atoms with Gasteiger partial charge in [0.1, 0.15) is 5.75 Å². The van der Waals surface area contributed by atoms with Crippen LogP contribution in [0, 0.1) is 6.92 Å². The quantitative estimate of drug-likeness (QED) is 0.822. The number of ether oxygens (including phenoxy) is 1. The predicted molar refractivity (Wildman–Crippen MR) is 69.2 cm³/mol. The van der Waals surface area contributed by atoms with Gasteiger partial charge < -0.3 is 15.8 Å². The minimum atomic E-state index is -0.443. The van der Waals surface area contributed by atoms with Gasteiger partial charge in [0.05, 0.1) is 13.2 Å². The topological polar surface area (TPSA) is 64.4 Å². The Kier molecular flexibility index (Phi) is 4.97. The molecule has 0 aliphatic heterocycles. The van der Waals surface area contributed by atoms with Crippen molar-refractivity contribution in [2.45, 2.75) is 32.7 Å². The van der Waals surface area contributed by atoms with Crippen LogP contribution in [-0.2, 0) is 4.79 Å². The molecule has 1 amide bonds. The van der Waals surface area contributed by atoms with Crippen molar-refractivity contribution in [2.24, 2.45) is 5.73 Å². The Bertz CT molecular complexity index is 391. The molecular formula is C13H20N2O2. The summed E-state index contributed by atoms with van der Waals surface area (Å²) in [6.45, 7) is 3.93. The average molecular weight is 236 g/mol. The van der Waals surface area contributed by atoms with Gasteiger partial charge in [-0.3, -0.25) is 4.79 Å². The highest BCUT2D eigenvalue weighted by atomic mass is 16.5. The Morgan fingerprint density at radius 1 is 1.53 bits per heavy atom. The number of hydrogen-bond donors (Lipinski definition) is 2. The molecule has 17 heavy (non-hydrogen) atoms. The van der Waals surface area contributed by atoms with E-state index in [2.05, 4.69) is 5.32 Å². The van der Waals surface area contributed by atoms with Crippen molar-refractivity contribution in [1.29, 1.82) is 0 Å². The molecule has 94 valence electrons. The molecule has 0 heterocycles. The van der Waals surface area contributed by atoms with Gasteiger partial charge in [0.15, 0.2) is 0 Å². The first kappa shape index (κ1) is 13.5. The predicted octanol–water partition coefficient (Wildman–Crippen LogP) is 2.07. The second-order valence-corrected chi connectivity index (χ2v) is 4.07. The fourth-order valence-corrected chi connectivity index (χ4v) is 1.57. The molecule has 1 atom stereocenters. The second-order valence-electron chi connectivity index (χ2n) is 4.07. The molecule has 4 heteroatoms. The maximum Gasteiger partial charge on any atom is 0.241 e. The number of amides is 1. The highest BCUT2D eigenvalue weighted by molar-refractivity contribution is 5.95. The van der Waals surface area contributed by atoms with Crippen LogP contribution in [0.5, 0.6) is 5.75 Å². The molecule has 0 aliphatic carbocycles. The fraction of sp³-hybridized carbons (Fsp3) is 0.462.